The highest BCUT2D eigenvalue weighted by Gasteiger charge is 2.44. The van der Waals surface area contributed by atoms with Crippen LogP contribution in [0.1, 0.15) is 111 Å². The molecule has 0 radical (unpaired) electrons. The van der Waals surface area contributed by atoms with E-state index in [9.17, 15) is 33.9 Å². The van der Waals surface area contributed by atoms with Gasteiger partial charge in [-0.1, -0.05) is 51.1 Å². The number of aryl methyl sites for hydroxylation is 2. The molecule has 458 valence electrons. The topological polar surface area (TPSA) is 341 Å². The highest BCUT2D eigenvalue weighted by Crippen LogP contribution is 2.30. The van der Waals surface area contributed by atoms with Crippen LogP contribution in [0.25, 0.3) is 10.5 Å². The average molecular weight is 1180 g/mol. The van der Waals surface area contributed by atoms with Crippen molar-refractivity contribution in [1.29, 1.82) is 0 Å². The number of likely N-dealkylation sites (N-methyl/N-ethyl adjacent to an activating group) is 1. The summed E-state index contributed by atoms with van der Waals surface area (Å²) in [6.45, 7) is 20.3. The molecule has 0 saturated carbocycles. The second kappa shape index (κ2) is 34.1. The molecule has 2 aromatic carbocycles. The van der Waals surface area contributed by atoms with Gasteiger partial charge in [-0.2, -0.15) is 4.89 Å². The quantitative estimate of drug-likeness (QED) is 0.0181. The number of nitrogens with two attached hydrogens (primary N) is 3. The number of hydrogen-bond donors (Lipinski definition) is 11. The highest BCUT2D eigenvalue weighted by molar-refractivity contribution is 8.07. The lowest BCUT2D eigenvalue weighted by molar-refractivity contribution is -0.632. The number of thioether (sulfide) groups is 1. The number of anilines is 1. The maximum atomic E-state index is 13.9. The predicted octanol–water partition coefficient (Wildman–Crippen LogP) is 3.08. The number of nitrogens with one attached hydrogen (secondary N) is 7. The van der Waals surface area contributed by atoms with Crippen LogP contribution in [0.2, 0.25) is 0 Å². The third-order valence-corrected chi connectivity index (χ3v) is 14.3. The van der Waals surface area contributed by atoms with Gasteiger partial charge in [0.05, 0.1) is 18.5 Å². The van der Waals surface area contributed by atoms with Crippen LogP contribution in [0.4, 0.5) is 5.69 Å². The number of likely N-dealkylation sites (tertiary alicyclic amines) is 1. The van der Waals surface area contributed by atoms with E-state index >= 15 is 0 Å². The first-order chi connectivity index (χ1) is 39.4. The minimum absolute atomic E-state index is 0.0473. The lowest BCUT2D eigenvalue weighted by Crippen LogP contribution is -2.58. The number of H-pyrrole nitrogens is 1. The lowest BCUT2D eigenvalue weighted by atomic mass is 9.85. The zero-order chi connectivity index (χ0) is 61.4. The number of carbonyl (C=O) groups excluding carboxylic acids is 5. The Labute approximate surface area is 491 Å². The van der Waals surface area contributed by atoms with Gasteiger partial charge in [-0.15, -0.1) is 11.8 Å². The molecule has 2 unspecified atom stereocenters. The second-order valence-corrected chi connectivity index (χ2v) is 22.3. The van der Waals surface area contributed by atoms with Crippen molar-refractivity contribution in [2.75, 3.05) is 77.3 Å². The minimum Gasteiger partial charge on any atom is -0.401 e. The van der Waals surface area contributed by atoms with Crippen molar-refractivity contribution >= 4 is 57.5 Å². The number of aromatic amines is 1. The predicted molar refractivity (Wildman–Crippen MR) is 321 cm³/mol. The minimum atomic E-state index is -1.05. The number of benzene rings is 2. The van der Waals surface area contributed by atoms with Gasteiger partial charge in [0.25, 0.3) is 11.5 Å². The molecule has 25 heteroatoms. The summed E-state index contributed by atoms with van der Waals surface area (Å²) in [7, 11) is 0. The molecule has 14 N–H and O–H groups in total. The molecule has 1 fully saturated rings. The van der Waals surface area contributed by atoms with E-state index in [0.29, 0.717) is 60.9 Å². The number of hydrogen-bond acceptors (Lipinski definition) is 19. The fourth-order valence-electron chi connectivity index (χ4n) is 9.01. The van der Waals surface area contributed by atoms with Gasteiger partial charge in [-0.25, -0.2) is 4.89 Å². The summed E-state index contributed by atoms with van der Waals surface area (Å²) in [4.78, 5) is 95.5. The molecule has 0 aliphatic carbocycles. The summed E-state index contributed by atoms with van der Waals surface area (Å²) >= 11 is 1.55. The Morgan fingerprint density at radius 3 is 2.24 bits per heavy atom. The molecule has 4 rings (SSSR count). The van der Waals surface area contributed by atoms with E-state index in [1.165, 1.54) is 4.90 Å². The summed E-state index contributed by atoms with van der Waals surface area (Å²) in [6, 6.07) is 11.3. The van der Waals surface area contributed by atoms with E-state index in [-0.39, 0.29) is 63.3 Å². The number of ether oxygens (including phenoxy) is 1. The monoisotopic (exact) mass is 1180 g/mol. The smallest absolute Gasteiger partial charge is 0.253 e. The number of aliphatic hydroxyl groups excluding tert-OH is 1. The first-order valence-corrected chi connectivity index (χ1v) is 28.9. The van der Waals surface area contributed by atoms with Crippen molar-refractivity contribution in [3.8, 4) is 0 Å². The van der Waals surface area contributed by atoms with Crippen LogP contribution < -0.4 is 54.7 Å². The van der Waals surface area contributed by atoms with Gasteiger partial charge in [0, 0.05) is 110 Å². The second-order valence-electron chi connectivity index (χ2n) is 21.5. The van der Waals surface area contributed by atoms with Crippen molar-refractivity contribution in [2.24, 2.45) is 22.6 Å². The van der Waals surface area contributed by atoms with Gasteiger partial charge < -0.3 is 73.7 Å². The summed E-state index contributed by atoms with van der Waals surface area (Å²) in [5.74, 6) is -1.83. The Hall–Kier alpha value is -6.81. The largest absolute Gasteiger partial charge is 0.401 e. The molecule has 1 aliphatic rings. The number of carbonyl (C=O) groups is 5. The van der Waals surface area contributed by atoms with E-state index in [1.807, 2.05) is 108 Å². The molecular weight excluding hydrogens is 1090 g/mol. The Kier molecular flexibility index (Phi) is 28.2. The van der Waals surface area contributed by atoms with Crippen LogP contribution >= 0.6 is 11.8 Å². The fraction of sp³-hybridized carbons (Fsp3) is 0.517. The standard InChI is InChI=1S/C58H88N12O12S/c1-12-69(49(61)18-13-36(4)42-26-44(45(29-59)47(27-42)66-35(2)3)54(74)65-31-46-37(5)25-38(6)67-55(46)75)22-21-62-19-20-63-50(72)34-80-82-81-79-24-23-78-33-51(73)68-53(58(8,9)10)57(77)70-32-43(71)28-48(70)56(76)64-30-40-14-16-41(17-15-40)52(83-11)39(7)60/h13-18,25-27,35,43,48,53,62,66,71H,12,19-24,28-34,59-61H2,1-11H3,(H,63,72)(H,64,76)(H,65,74)(H,67,75)(H,68,73)/b36-13+,49-18+,52-39-/t43?,48?,53-/m1/s1. The summed E-state index contributed by atoms with van der Waals surface area (Å²) in [5.41, 5.74) is 25.7. The third-order valence-electron chi connectivity index (χ3n) is 13.3. The van der Waals surface area contributed by atoms with E-state index in [1.54, 1.807) is 38.6 Å². The number of nitrogens with zero attached hydrogens (tertiary/aromatic N) is 2. The molecule has 24 nitrogen and oxygen atoms in total. The van der Waals surface area contributed by atoms with E-state index in [2.05, 4.69) is 47.0 Å². The molecule has 0 spiro atoms. The number of aliphatic hydroxyl groups is 1. The molecule has 5 amide bonds. The number of rotatable bonds is 33. The summed E-state index contributed by atoms with van der Waals surface area (Å²) in [6.07, 6.45) is 4.78. The number of β-amino-alcohol motifs (C(OH)–C–C–N with tert-alkyl or cyclic N) is 1. The van der Waals surface area contributed by atoms with Crippen LogP contribution in [-0.4, -0.2) is 146 Å². The summed E-state index contributed by atoms with van der Waals surface area (Å²) in [5, 5.41) is 37.3. The van der Waals surface area contributed by atoms with Gasteiger partial charge in [-0.05, 0) is 122 Å². The Bertz CT molecular complexity index is 2810. The average Bonchev–Trinajstić information content (AvgIpc) is 4.10. The molecule has 3 atom stereocenters. The van der Waals surface area contributed by atoms with Gasteiger partial charge in [0.1, 0.15) is 25.3 Å². The van der Waals surface area contributed by atoms with Crippen LogP contribution in [0.3, 0.4) is 0 Å². The molecule has 1 saturated heterocycles. The molecule has 1 aromatic heterocycles. The normalized spacial score (nSPS) is 15.4. The van der Waals surface area contributed by atoms with Gasteiger partial charge in [-0.3, -0.25) is 28.8 Å². The molecular formula is C58H88N12O12S. The summed E-state index contributed by atoms with van der Waals surface area (Å²) < 4.78 is 5.38. The lowest BCUT2D eigenvalue weighted by Gasteiger charge is -2.35. The number of pyridine rings is 1. The van der Waals surface area contributed by atoms with Crippen LogP contribution in [0.5, 0.6) is 0 Å². The number of aromatic nitrogens is 1. The van der Waals surface area contributed by atoms with Crippen molar-refractivity contribution in [2.45, 2.75) is 120 Å². The zero-order valence-electron chi connectivity index (χ0n) is 49.9. The fourth-order valence-corrected chi connectivity index (χ4v) is 9.70. The molecule has 2 heterocycles. The van der Waals surface area contributed by atoms with Crippen LogP contribution in [-0.2, 0) is 63.4 Å². The first kappa shape index (κ1) is 68.7. The van der Waals surface area contributed by atoms with Crippen molar-refractivity contribution in [1.82, 2.24) is 41.4 Å². The number of amides is 5. The molecule has 83 heavy (non-hydrogen) atoms. The Morgan fingerprint density at radius 2 is 1.60 bits per heavy atom. The molecule has 0 bridgehead atoms. The van der Waals surface area contributed by atoms with Gasteiger partial charge >= 0.3 is 0 Å². The number of allylic oxidation sites excluding steroid dienone is 4. The van der Waals surface area contributed by atoms with Gasteiger partial charge in [0.2, 0.25) is 23.6 Å². The third kappa shape index (κ3) is 22.0. The maximum Gasteiger partial charge on any atom is 0.253 e. The SMILES string of the molecule is CCN(CCNCCNC(=O)COOOOCCOCC(=O)N[C@H](C(=O)N1CC(O)CC1C(=O)NCc1ccc(/C(SC)=C(\C)N)cc1)C(C)(C)C)/C(N)=C/C=C(\C)c1cc(NC(C)C)c(CN)c(C(=O)NCc2c(C)cc(C)[nH]c2=O)c1. The van der Waals surface area contributed by atoms with E-state index in [0.717, 1.165) is 44.1 Å². The Morgan fingerprint density at radius 1 is 0.892 bits per heavy atom. The van der Waals surface area contributed by atoms with Gasteiger partial charge in [0.15, 0.2) is 6.61 Å². The van der Waals surface area contributed by atoms with Crippen molar-refractivity contribution in [3.05, 3.63) is 121 Å². The highest BCUT2D eigenvalue weighted by atomic mass is 32.2. The Balaban J connectivity index is 1.12. The first-order valence-electron chi connectivity index (χ1n) is 27.7. The van der Waals surface area contributed by atoms with Crippen molar-refractivity contribution in [3.63, 3.8) is 0 Å². The van der Waals surface area contributed by atoms with Crippen LogP contribution in [0, 0.1) is 19.3 Å². The zero-order valence-corrected chi connectivity index (χ0v) is 50.7. The van der Waals surface area contributed by atoms with Crippen LogP contribution in [0.15, 0.2) is 70.9 Å². The molecule has 3 aromatic rings. The molecule has 1 aliphatic heterocycles. The van der Waals surface area contributed by atoms with Crippen molar-refractivity contribution < 1.29 is 53.7 Å². The van der Waals surface area contributed by atoms with E-state index in [4.69, 9.17) is 31.7 Å². The maximum absolute atomic E-state index is 13.9. The van der Waals surface area contributed by atoms with E-state index < -0.39 is 60.4 Å².